The average Bonchev–Trinajstić information content (AvgIpc) is 2.58. The Bertz CT molecular complexity index is 733. The largest absolute Gasteiger partial charge is 0.493 e. The van der Waals surface area contributed by atoms with Gasteiger partial charge in [-0.2, -0.15) is 13.2 Å². The van der Waals surface area contributed by atoms with E-state index in [0.717, 1.165) is 5.56 Å². The minimum absolute atomic E-state index is 0.0314. The van der Waals surface area contributed by atoms with Gasteiger partial charge in [0, 0.05) is 17.0 Å². The summed E-state index contributed by atoms with van der Waals surface area (Å²) in [5.74, 6) is 0.747. The second-order valence-corrected chi connectivity index (χ2v) is 6.08. The van der Waals surface area contributed by atoms with Gasteiger partial charge in [-0.25, -0.2) is 0 Å². The smallest absolute Gasteiger partial charge is 0.446 e. The van der Waals surface area contributed by atoms with Crippen molar-refractivity contribution in [3.8, 4) is 11.5 Å². The van der Waals surface area contributed by atoms with E-state index in [-0.39, 0.29) is 34.7 Å². The highest BCUT2D eigenvalue weighted by molar-refractivity contribution is 8.00. The average molecular weight is 371 g/mol. The molecule has 0 atom stereocenters. The van der Waals surface area contributed by atoms with Gasteiger partial charge in [0.25, 0.3) is 5.91 Å². The molecule has 25 heavy (non-hydrogen) atoms. The molecule has 134 valence electrons. The van der Waals surface area contributed by atoms with Crippen molar-refractivity contribution in [1.29, 1.82) is 0 Å². The zero-order valence-corrected chi connectivity index (χ0v) is 14.3. The van der Waals surface area contributed by atoms with Crippen LogP contribution < -0.4 is 14.8 Å². The van der Waals surface area contributed by atoms with E-state index in [4.69, 9.17) is 9.47 Å². The molecule has 0 saturated carbocycles. The van der Waals surface area contributed by atoms with Crippen LogP contribution >= 0.6 is 11.8 Å². The molecule has 0 aliphatic heterocycles. The standard InChI is InChI=1S/C17H16F3NO3S/c1-23-14-8-3-11(9-15(14)24-2)10-21-16(22)12-4-6-13(7-5-12)25-17(18,19)20/h3-9H,10H2,1-2H3,(H,21,22). The van der Waals surface area contributed by atoms with Crippen molar-refractivity contribution in [3.63, 3.8) is 0 Å². The maximum absolute atomic E-state index is 12.3. The number of benzene rings is 2. The molecule has 0 radical (unpaired) electrons. The zero-order valence-electron chi connectivity index (χ0n) is 13.5. The quantitative estimate of drug-likeness (QED) is 0.772. The molecule has 0 saturated heterocycles. The number of rotatable bonds is 6. The minimum Gasteiger partial charge on any atom is -0.493 e. The van der Waals surface area contributed by atoms with E-state index >= 15 is 0 Å². The van der Waals surface area contributed by atoms with Crippen molar-refractivity contribution < 1.29 is 27.4 Å². The third kappa shape index (κ3) is 5.60. The molecule has 0 aliphatic carbocycles. The molecule has 2 rings (SSSR count). The Morgan fingerprint density at radius 1 is 1.04 bits per heavy atom. The Hall–Kier alpha value is -2.35. The van der Waals surface area contributed by atoms with Crippen LogP contribution in [0.15, 0.2) is 47.4 Å². The van der Waals surface area contributed by atoms with Crippen LogP contribution in [0, 0.1) is 0 Å². The molecule has 2 aromatic carbocycles. The molecule has 0 heterocycles. The molecule has 8 heteroatoms. The van der Waals surface area contributed by atoms with Gasteiger partial charge in [-0.05, 0) is 53.7 Å². The van der Waals surface area contributed by atoms with Gasteiger partial charge in [0.15, 0.2) is 11.5 Å². The molecule has 1 amide bonds. The summed E-state index contributed by atoms with van der Waals surface area (Å²) in [5, 5.41) is 2.71. The van der Waals surface area contributed by atoms with Crippen LogP contribution in [0.5, 0.6) is 11.5 Å². The summed E-state index contributed by atoms with van der Waals surface area (Å²) in [6, 6.07) is 10.5. The van der Waals surface area contributed by atoms with Gasteiger partial charge in [-0.15, -0.1) is 0 Å². The number of amides is 1. The van der Waals surface area contributed by atoms with Crippen LogP contribution in [0.1, 0.15) is 15.9 Å². The van der Waals surface area contributed by atoms with Gasteiger partial charge < -0.3 is 14.8 Å². The summed E-state index contributed by atoms with van der Waals surface area (Å²) >= 11 is -0.219. The van der Waals surface area contributed by atoms with Crippen LogP contribution in [-0.4, -0.2) is 25.6 Å². The van der Waals surface area contributed by atoms with Crippen LogP contribution in [0.2, 0.25) is 0 Å². The number of methoxy groups -OCH3 is 2. The monoisotopic (exact) mass is 371 g/mol. The van der Waals surface area contributed by atoms with Crippen molar-refractivity contribution >= 4 is 17.7 Å². The first-order chi connectivity index (χ1) is 11.8. The first-order valence-corrected chi connectivity index (χ1v) is 7.99. The molecule has 0 fully saturated rings. The molecule has 0 bridgehead atoms. The lowest BCUT2D eigenvalue weighted by molar-refractivity contribution is -0.0328. The van der Waals surface area contributed by atoms with Gasteiger partial charge in [0.2, 0.25) is 0 Å². The first-order valence-electron chi connectivity index (χ1n) is 7.17. The highest BCUT2D eigenvalue weighted by Crippen LogP contribution is 2.36. The van der Waals surface area contributed by atoms with Crippen LogP contribution in [0.25, 0.3) is 0 Å². The number of nitrogens with one attached hydrogen (secondary N) is 1. The summed E-state index contributed by atoms with van der Waals surface area (Å²) < 4.78 is 47.2. The molecular formula is C17H16F3NO3S. The highest BCUT2D eigenvalue weighted by atomic mass is 32.2. The Labute approximate surface area is 147 Å². The molecule has 0 spiro atoms. The third-order valence-electron chi connectivity index (χ3n) is 3.25. The molecule has 0 aliphatic rings. The summed E-state index contributed by atoms with van der Waals surface area (Å²) in [7, 11) is 3.04. The van der Waals surface area contributed by atoms with E-state index < -0.39 is 5.51 Å². The van der Waals surface area contributed by atoms with Crippen LogP contribution in [0.4, 0.5) is 13.2 Å². The Kier molecular flexibility index (Phi) is 6.19. The summed E-state index contributed by atoms with van der Waals surface area (Å²) in [4.78, 5) is 12.1. The van der Waals surface area contributed by atoms with Crippen LogP contribution in [0.3, 0.4) is 0 Å². The minimum atomic E-state index is -4.35. The predicted octanol–water partition coefficient (Wildman–Crippen LogP) is 4.25. The van der Waals surface area contributed by atoms with Gasteiger partial charge >= 0.3 is 5.51 Å². The molecule has 1 N–H and O–H groups in total. The number of alkyl halides is 3. The predicted molar refractivity (Wildman–Crippen MR) is 89.1 cm³/mol. The second kappa shape index (κ2) is 8.15. The van der Waals surface area contributed by atoms with E-state index in [1.54, 1.807) is 18.2 Å². The molecule has 0 unspecified atom stereocenters. The molecule has 2 aromatic rings. The van der Waals surface area contributed by atoms with Crippen molar-refractivity contribution in [3.05, 3.63) is 53.6 Å². The second-order valence-electron chi connectivity index (χ2n) is 4.94. The van der Waals surface area contributed by atoms with Crippen molar-refractivity contribution in [1.82, 2.24) is 5.32 Å². The maximum atomic E-state index is 12.3. The lowest BCUT2D eigenvalue weighted by Crippen LogP contribution is -2.22. The first kappa shape index (κ1) is 19.0. The van der Waals surface area contributed by atoms with E-state index in [1.807, 2.05) is 0 Å². The third-order valence-corrected chi connectivity index (χ3v) is 3.99. The highest BCUT2D eigenvalue weighted by Gasteiger charge is 2.29. The van der Waals surface area contributed by atoms with Crippen LogP contribution in [-0.2, 0) is 6.54 Å². The fourth-order valence-electron chi connectivity index (χ4n) is 2.08. The molecular weight excluding hydrogens is 355 g/mol. The SMILES string of the molecule is COc1ccc(CNC(=O)c2ccc(SC(F)(F)F)cc2)cc1OC. The molecule has 0 aromatic heterocycles. The number of hydrogen-bond donors (Lipinski definition) is 1. The normalized spacial score (nSPS) is 11.1. The summed E-state index contributed by atoms with van der Waals surface area (Å²) in [5.41, 5.74) is -3.26. The van der Waals surface area contributed by atoms with E-state index in [1.165, 1.54) is 38.5 Å². The Morgan fingerprint density at radius 3 is 2.24 bits per heavy atom. The van der Waals surface area contributed by atoms with Crippen molar-refractivity contribution in [2.45, 2.75) is 16.9 Å². The number of ether oxygens (including phenoxy) is 2. The lowest BCUT2D eigenvalue weighted by Gasteiger charge is -2.11. The maximum Gasteiger partial charge on any atom is 0.446 e. The number of carbonyl (C=O) groups excluding carboxylic acids is 1. The van der Waals surface area contributed by atoms with Crippen molar-refractivity contribution in [2.24, 2.45) is 0 Å². The van der Waals surface area contributed by atoms with Crippen molar-refractivity contribution in [2.75, 3.05) is 14.2 Å². The number of halogens is 3. The lowest BCUT2D eigenvalue weighted by atomic mass is 10.1. The van der Waals surface area contributed by atoms with Gasteiger partial charge in [0.1, 0.15) is 0 Å². The van der Waals surface area contributed by atoms with E-state index in [2.05, 4.69) is 5.32 Å². The Morgan fingerprint density at radius 2 is 1.68 bits per heavy atom. The number of carbonyl (C=O) groups is 1. The topological polar surface area (TPSA) is 47.6 Å². The zero-order chi connectivity index (χ0) is 18.4. The van der Waals surface area contributed by atoms with Gasteiger partial charge in [-0.1, -0.05) is 6.07 Å². The summed E-state index contributed by atoms with van der Waals surface area (Å²) in [6.07, 6.45) is 0. The molecule has 4 nitrogen and oxygen atoms in total. The fourth-order valence-corrected chi connectivity index (χ4v) is 2.62. The van der Waals surface area contributed by atoms with E-state index in [0.29, 0.717) is 11.5 Å². The van der Waals surface area contributed by atoms with Gasteiger partial charge in [0.05, 0.1) is 14.2 Å². The Balaban J connectivity index is 1.98. The number of hydrogen-bond acceptors (Lipinski definition) is 4. The number of thioether (sulfide) groups is 1. The fraction of sp³-hybridized carbons (Fsp3) is 0.235. The summed E-state index contributed by atoms with van der Waals surface area (Å²) in [6.45, 7) is 0.248. The van der Waals surface area contributed by atoms with E-state index in [9.17, 15) is 18.0 Å². The van der Waals surface area contributed by atoms with Gasteiger partial charge in [-0.3, -0.25) is 4.79 Å².